The average molecular weight is 243 g/mol. The van der Waals surface area contributed by atoms with E-state index in [9.17, 15) is 0 Å². The minimum absolute atomic E-state index is 0.770. The molecule has 0 saturated carbocycles. The predicted octanol–water partition coefficient (Wildman–Crippen LogP) is 4.67. The highest BCUT2D eigenvalue weighted by atomic mass is 79.9. The first-order valence-corrected chi connectivity index (χ1v) is 5.90. The lowest BCUT2D eigenvalue weighted by Gasteiger charge is -2.22. The Labute approximate surface area is 90.2 Å². The van der Waals surface area contributed by atoms with Crippen LogP contribution in [0.4, 0.5) is 0 Å². The largest absolute Gasteiger partial charge is 0.0697 e. The first kappa shape index (κ1) is 11.0. The SMILES string of the molecule is CCC1C(C)=C(C)C(Br)=CCC1C. The molecule has 1 aliphatic rings. The molecule has 0 aromatic rings. The average Bonchev–Trinajstić information content (AvgIpc) is 2.20. The van der Waals surface area contributed by atoms with Gasteiger partial charge in [-0.3, -0.25) is 0 Å². The van der Waals surface area contributed by atoms with Gasteiger partial charge in [0, 0.05) is 4.48 Å². The van der Waals surface area contributed by atoms with E-state index in [2.05, 4.69) is 49.7 Å². The second-order valence-electron chi connectivity index (χ2n) is 4.09. The summed E-state index contributed by atoms with van der Waals surface area (Å²) in [4.78, 5) is 0. The highest BCUT2D eigenvalue weighted by molar-refractivity contribution is 9.12. The molecule has 0 aromatic heterocycles. The predicted molar refractivity (Wildman–Crippen MR) is 62.9 cm³/mol. The molecular weight excluding hydrogens is 224 g/mol. The van der Waals surface area contributed by atoms with Crippen molar-refractivity contribution in [2.75, 3.05) is 0 Å². The van der Waals surface area contributed by atoms with E-state index in [0.717, 1.165) is 11.8 Å². The fourth-order valence-electron chi connectivity index (χ4n) is 2.21. The summed E-state index contributed by atoms with van der Waals surface area (Å²) in [5, 5.41) is 0. The molecule has 13 heavy (non-hydrogen) atoms. The van der Waals surface area contributed by atoms with Gasteiger partial charge in [-0.25, -0.2) is 0 Å². The van der Waals surface area contributed by atoms with Gasteiger partial charge in [0.15, 0.2) is 0 Å². The molecule has 2 unspecified atom stereocenters. The van der Waals surface area contributed by atoms with E-state index in [1.54, 1.807) is 5.57 Å². The lowest BCUT2D eigenvalue weighted by atomic mass is 9.84. The van der Waals surface area contributed by atoms with Gasteiger partial charge in [-0.1, -0.05) is 41.4 Å². The van der Waals surface area contributed by atoms with Crippen LogP contribution in [0.5, 0.6) is 0 Å². The lowest BCUT2D eigenvalue weighted by Crippen LogP contribution is -2.11. The minimum Gasteiger partial charge on any atom is -0.0697 e. The molecule has 0 radical (unpaired) electrons. The number of hydrogen-bond donors (Lipinski definition) is 0. The van der Waals surface area contributed by atoms with Crippen molar-refractivity contribution >= 4 is 15.9 Å². The van der Waals surface area contributed by atoms with Gasteiger partial charge in [0.2, 0.25) is 0 Å². The topological polar surface area (TPSA) is 0 Å². The van der Waals surface area contributed by atoms with Gasteiger partial charge in [0.25, 0.3) is 0 Å². The number of rotatable bonds is 1. The normalized spacial score (nSPS) is 30.1. The van der Waals surface area contributed by atoms with Crippen molar-refractivity contribution in [1.29, 1.82) is 0 Å². The smallest absolute Gasteiger partial charge is 0.0164 e. The molecule has 2 atom stereocenters. The molecule has 0 amide bonds. The standard InChI is InChI=1S/C12H19Br/c1-5-11-8(2)6-7-12(13)10(4)9(11)3/h7-8,11H,5-6H2,1-4H3. The summed E-state index contributed by atoms with van der Waals surface area (Å²) in [6.45, 7) is 9.14. The van der Waals surface area contributed by atoms with Crippen LogP contribution in [0, 0.1) is 11.8 Å². The van der Waals surface area contributed by atoms with Crippen LogP contribution in [-0.4, -0.2) is 0 Å². The molecule has 0 N–H and O–H groups in total. The molecular formula is C12H19Br. The van der Waals surface area contributed by atoms with E-state index in [1.165, 1.54) is 22.9 Å². The van der Waals surface area contributed by atoms with Crippen molar-refractivity contribution in [3.8, 4) is 0 Å². The summed E-state index contributed by atoms with van der Waals surface area (Å²) in [6.07, 6.45) is 4.78. The molecule has 1 aliphatic carbocycles. The second kappa shape index (κ2) is 4.45. The van der Waals surface area contributed by atoms with Gasteiger partial charge in [-0.15, -0.1) is 0 Å². The Morgan fingerprint density at radius 2 is 2.08 bits per heavy atom. The van der Waals surface area contributed by atoms with Gasteiger partial charge >= 0.3 is 0 Å². The Hall–Kier alpha value is -0.0400. The van der Waals surface area contributed by atoms with E-state index < -0.39 is 0 Å². The van der Waals surface area contributed by atoms with Crippen molar-refractivity contribution in [3.05, 3.63) is 21.7 Å². The van der Waals surface area contributed by atoms with Crippen LogP contribution in [-0.2, 0) is 0 Å². The van der Waals surface area contributed by atoms with E-state index >= 15 is 0 Å². The zero-order valence-electron chi connectivity index (χ0n) is 9.02. The summed E-state index contributed by atoms with van der Waals surface area (Å²) in [6, 6.07) is 0. The summed E-state index contributed by atoms with van der Waals surface area (Å²) in [7, 11) is 0. The molecule has 1 rings (SSSR count). The molecule has 0 nitrogen and oxygen atoms in total. The summed E-state index contributed by atoms with van der Waals surface area (Å²) in [5.74, 6) is 1.56. The van der Waals surface area contributed by atoms with Gasteiger partial charge in [0.1, 0.15) is 0 Å². The summed E-state index contributed by atoms with van der Waals surface area (Å²) >= 11 is 3.63. The monoisotopic (exact) mass is 242 g/mol. The van der Waals surface area contributed by atoms with E-state index in [1.807, 2.05) is 0 Å². The number of hydrogen-bond acceptors (Lipinski definition) is 0. The van der Waals surface area contributed by atoms with Crippen LogP contribution in [0.15, 0.2) is 21.7 Å². The third kappa shape index (κ3) is 2.25. The van der Waals surface area contributed by atoms with Crippen LogP contribution in [0.3, 0.4) is 0 Å². The van der Waals surface area contributed by atoms with Gasteiger partial charge in [0.05, 0.1) is 0 Å². The number of halogens is 1. The fourth-order valence-corrected chi connectivity index (χ4v) is 2.71. The lowest BCUT2D eigenvalue weighted by molar-refractivity contribution is 0.403. The van der Waals surface area contributed by atoms with Crippen molar-refractivity contribution in [1.82, 2.24) is 0 Å². The molecule has 74 valence electrons. The Morgan fingerprint density at radius 1 is 1.46 bits per heavy atom. The molecule has 0 spiro atoms. The third-order valence-electron chi connectivity index (χ3n) is 3.30. The van der Waals surface area contributed by atoms with Crippen molar-refractivity contribution in [2.45, 2.75) is 40.5 Å². The Bertz CT molecular complexity index is 248. The van der Waals surface area contributed by atoms with Crippen molar-refractivity contribution in [2.24, 2.45) is 11.8 Å². The van der Waals surface area contributed by atoms with E-state index in [0.29, 0.717) is 0 Å². The van der Waals surface area contributed by atoms with Gasteiger partial charge < -0.3 is 0 Å². The Balaban J connectivity index is 3.03. The summed E-state index contributed by atoms with van der Waals surface area (Å²) < 4.78 is 1.30. The Kier molecular flexibility index (Phi) is 3.78. The highest BCUT2D eigenvalue weighted by Gasteiger charge is 2.21. The van der Waals surface area contributed by atoms with Crippen LogP contribution >= 0.6 is 15.9 Å². The maximum atomic E-state index is 3.63. The third-order valence-corrected chi connectivity index (χ3v) is 4.22. The molecule has 0 saturated heterocycles. The molecule has 0 bridgehead atoms. The maximum Gasteiger partial charge on any atom is 0.0164 e. The van der Waals surface area contributed by atoms with E-state index in [4.69, 9.17) is 0 Å². The van der Waals surface area contributed by atoms with Crippen LogP contribution in [0.2, 0.25) is 0 Å². The first-order valence-electron chi connectivity index (χ1n) is 5.11. The molecule has 1 heteroatoms. The van der Waals surface area contributed by atoms with Gasteiger partial charge in [-0.2, -0.15) is 0 Å². The minimum atomic E-state index is 0.770. The van der Waals surface area contributed by atoms with Crippen LogP contribution in [0.1, 0.15) is 40.5 Å². The fraction of sp³-hybridized carbons (Fsp3) is 0.667. The Morgan fingerprint density at radius 3 is 2.62 bits per heavy atom. The first-order chi connectivity index (χ1) is 6.07. The maximum absolute atomic E-state index is 3.63. The molecule has 0 fully saturated rings. The molecule has 0 heterocycles. The molecule has 0 aromatic carbocycles. The van der Waals surface area contributed by atoms with Crippen molar-refractivity contribution in [3.63, 3.8) is 0 Å². The molecule has 0 aliphatic heterocycles. The van der Waals surface area contributed by atoms with Crippen LogP contribution < -0.4 is 0 Å². The van der Waals surface area contributed by atoms with Crippen molar-refractivity contribution < 1.29 is 0 Å². The second-order valence-corrected chi connectivity index (χ2v) is 4.94. The zero-order valence-corrected chi connectivity index (χ0v) is 10.6. The quantitative estimate of drug-likeness (QED) is 0.627. The highest BCUT2D eigenvalue weighted by Crippen LogP contribution is 2.36. The van der Waals surface area contributed by atoms with E-state index in [-0.39, 0.29) is 0 Å². The zero-order chi connectivity index (χ0) is 10.0. The number of allylic oxidation sites excluding steroid dienone is 4. The summed E-state index contributed by atoms with van der Waals surface area (Å²) in [5.41, 5.74) is 3.01. The van der Waals surface area contributed by atoms with Gasteiger partial charge in [-0.05, 0) is 44.1 Å². The van der Waals surface area contributed by atoms with Crippen LogP contribution in [0.25, 0.3) is 0 Å².